The molecule has 142 valence electrons. The van der Waals surface area contributed by atoms with E-state index in [4.69, 9.17) is 15.6 Å². The molecule has 7 nitrogen and oxygen atoms in total. The van der Waals surface area contributed by atoms with Crippen molar-refractivity contribution in [2.45, 2.75) is 26.1 Å². The van der Waals surface area contributed by atoms with E-state index in [-0.39, 0.29) is 0 Å². The highest BCUT2D eigenvalue weighted by molar-refractivity contribution is 7.17. The number of aromatic nitrogens is 1. The first kappa shape index (κ1) is 19.1. The SMILES string of the molecule is CCc1c(C(=O)C(N)O)c2c(OCC(=O)O)csc2n1Cc1ccccc1. The minimum absolute atomic E-state index is 0.292. The highest BCUT2D eigenvalue weighted by Gasteiger charge is 2.28. The van der Waals surface area contributed by atoms with Crippen LogP contribution in [0.25, 0.3) is 10.2 Å². The van der Waals surface area contributed by atoms with Gasteiger partial charge in [-0.2, -0.15) is 0 Å². The van der Waals surface area contributed by atoms with E-state index < -0.39 is 24.6 Å². The molecule has 1 aromatic carbocycles. The van der Waals surface area contributed by atoms with E-state index in [9.17, 15) is 14.7 Å². The van der Waals surface area contributed by atoms with Gasteiger partial charge in [-0.3, -0.25) is 10.5 Å². The number of nitrogens with zero attached hydrogens (tertiary/aromatic N) is 1. The van der Waals surface area contributed by atoms with Crippen LogP contribution < -0.4 is 10.5 Å². The number of Topliss-reactive ketones (excluding diaryl/α,β-unsaturated/α-hetero) is 1. The summed E-state index contributed by atoms with van der Waals surface area (Å²) in [6.45, 7) is 1.93. The van der Waals surface area contributed by atoms with Crippen molar-refractivity contribution in [1.82, 2.24) is 4.57 Å². The van der Waals surface area contributed by atoms with E-state index in [1.165, 1.54) is 11.3 Å². The first-order chi connectivity index (χ1) is 12.9. The van der Waals surface area contributed by atoms with Gasteiger partial charge in [-0.15, -0.1) is 11.3 Å². The number of thiophene rings is 1. The van der Waals surface area contributed by atoms with Gasteiger partial charge in [0, 0.05) is 17.6 Å². The number of hydrogen-bond acceptors (Lipinski definition) is 6. The number of fused-ring (bicyclic) bond motifs is 1. The first-order valence-corrected chi connectivity index (χ1v) is 9.30. The number of nitrogens with two attached hydrogens (primary N) is 1. The number of hydrogen-bond donors (Lipinski definition) is 3. The van der Waals surface area contributed by atoms with Gasteiger partial charge in [0.1, 0.15) is 10.6 Å². The fraction of sp³-hybridized carbons (Fsp3) is 0.263. The summed E-state index contributed by atoms with van der Waals surface area (Å²) in [6, 6.07) is 9.78. The predicted octanol–water partition coefficient (Wildman–Crippen LogP) is 2.24. The lowest BCUT2D eigenvalue weighted by Gasteiger charge is -2.11. The molecule has 3 aromatic rings. The third-order valence-corrected chi connectivity index (χ3v) is 5.21. The number of carbonyl (C=O) groups is 2. The Bertz CT molecular complexity index is 975. The average molecular weight is 388 g/mol. The van der Waals surface area contributed by atoms with Gasteiger partial charge in [-0.25, -0.2) is 4.79 Å². The maximum atomic E-state index is 12.6. The first-order valence-electron chi connectivity index (χ1n) is 8.43. The van der Waals surface area contributed by atoms with Crippen LogP contribution >= 0.6 is 11.3 Å². The fourth-order valence-corrected chi connectivity index (χ4v) is 4.15. The Kier molecular flexibility index (Phi) is 5.59. The van der Waals surface area contributed by atoms with Crippen LogP contribution in [0.5, 0.6) is 5.75 Å². The summed E-state index contributed by atoms with van der Waals surface area (Å²) >= 11 is 1.36. The second kappa shape index (κ2) is 7.91. The molecule has 0 spiro atoms. The molecular weight excluding hydrogens is 368 g/mol. The number of carboxylic acid groups (broad SMARTS) is 1. The maximum absolute atomic E-state index is 12.6. The Balaban J connectivity index is 2.19. The number of ketones is 1. The van der Waals surface area contributed by atoms with Crippen LogP contribution in [0.4, 0.5) is 0 Å². The van der Waals surface area contributed by atoms with Crippen molar-refractivity contribution in [2.75, 3.05) is 6.61 Å². The molecule has 0 aliphatic heterocycles. The molecular formula is C19H20N2O5S. The zero-order chi connectivity index (χ0) is 19.6. The molecule has 27 heavy (non-hydrogen) atoms. The number of aliphatic hydroxyl groups excluding tert-OH is 1. The average Bonchev–Trinajstić information content (AvgIpc) is 3.18. The van der Waals surface area contributed by atoms with Crippen LogP contribution in [0, 0.1) is 0 Å². The Morgan fingerprint density at radius 1 is 1.30 bits per heavy atom. The van der Waals surface area contributed by atoms with Crippen LogP contribution in [0.1, 0.15) is 28.5 Å². The Morgan fingerprint density at radius 2 is 2.00 bits per heavy atom. The molecule has 8 heteroatoms. The summed E-state index contributed by atoms with van der Waals surface area (Å²) in [5.74, 6) is -1.41. The van der Waals surface area contributed by atoms with E-state index in [2.05, 4.69) is 0 Å². The van der Waals surface area contributed by atoms with Crippen molar-refractivity contribution in [3.63, 3.8) is 0 Å². The summed E-state index contributed by atoms with van der Waals surface area (Å²) in [4.78, 5) is 24.3. The van der Waals surface area contributed by atoms with E-state index in [1.54, 1.807) is 5.38 Å². The second-order valence-corrected chi connectivity index (χ2v) is 6.88. The molecule has 0 bridgehead atoms. The van der Waals surface area contributed by atoms with Crippen LogP contribution in [0.15, 0.2) is 35.7 Å². The monoisotopic (exact) mass is 388 g/mol. The standard InChI is InChI=1S/C19H20N2O5S/c1-2-12-15(17(24)18(20)25)16-13(26-9-14(22)23)10-27-19(16)21(12)8-11-6-4-3-5-7-11/h3-7,10,18,25H,2,8-9,20H2,1H3,(H,22,23). The second-order valence-electron chi connectivity index (χ2n) is 6.02. The van der Waals surface area contributed by atoms with Gasteiger partial charge in [-0.05, 0) is 12.0 Å². The molecule has 0 fully saturated rings. The molecule has 0 radical (unpaired) electrons. The molecule has 0 aliphatic carbocycles. The number of benzene rings is 1. The molecule has 0 saturated carbocycles. The van der Waals surface area contributed by atoms with E-state index in [0.717, 1.165) is 16.1 Å². The van der Waals surface area contributed by atoms with Gasteiger partial charge in [0.05, 0.1) is 10.9 Å². The smallest absolute Gasteiger partial charge is 0.341 e. The van der Waals surface area contributed by atoms with Crippen molar-refractivity contribution in [2.24, 2.45) is 5.73 Å². The summed E-state index contributed by atoms with van der Waals surface area (Å²) in [5.41, 5.74) is 7.53. The van der Waals surface area contributed by atoms with Crippen molar-refractivity contribution >= 4 is 33.3 Å². The fourth-order valence-electron chi connectivity index (χ4n) is 3.12. The zero-order valence-electron chi connectivity index (χ0n) is 14.7. The lowest BCUT2D eigenvalue weighted by Crippen LogP contribution is -2.30. The predicted molar refractivity (Wildman–Crippen MR) is 102 cm³/mol. The third-order valence-electron chi connectivity index (χ3n) is 4.23. The van der Waals surface area contributed by atoms with E-state index in [0.29, 0.717) is 29.7 Å². The number of ether oxygens (including phenoxy) is 1. The van der Waals surface area contributed by atoms with Crippen LogP contribution in [0.2, 0.25) is 0 Å². The van der Waals surface area contributed by atoms with Crippen LogP contribution in [0.3, 0.4) is 0 Å². The molecule has 2 heterocycles. The zero-order valence-corrected chi connectivity index (χ0v) is 15.5. The summed E-state index contributed by atoms with van der Waals surface area (Å²) in [6.07, 6.45) is -1.11. The Hall–Kier alpha value is -2.68. The van der Waals surface area contributed by atoms with Crippen LogP contribution in [-0.2, 0) is 17.8 Å². The van der Waals surface area contributed by atoms with E-state index >= 15 is 0 Å². The molecule has 0 amide bonds. The van der Waals surface area contributed by atoms with Gasteiger partial charge >= 0.3 is 5.97 Å². The highest BCUT2D eigenvalue weighted by Crippen LogP contribution is 2.40. The van der Waals surface area contributed by atoms with Gasteiger partial charge in [0.2, 0.25) is 5.78 Å². The summed E-state index contributed by atoms with van der Waals surface area (Å²) < 4.78 is 7.38. The van der Waals surface area contributed by atoms with E-state index in [1.807, 2.05) is 41.8 Å². The lowest BCUT2D eigenvalue weighted by molar-refractivity contribution is -0.139. The maximum Gasteiger partial charge on any atom is 0.341 e. The minimum Gasteiger partial charge on any atom is -0.480 e. The molecule has 1 unspecified atom stereocenters. The quantitative estimate of drug-likeness (QED) is 0.403. The Morgan fingerprint density at radius 3 is 2.59 bits per heavy atom. The van der Waals surface area contributed by atoms with Gasteiger partial charge in [-0.1, -0.05) is 37.3 Å². The molecule has 0 saturated heterocycles. The molecule has 3 rings (SSSR count). The molecule has 0 aliphatic rings. The normalized spacial score (nSPS) is 12.3. The number of aliphatic carboxylic acids is 1. The van der Waals surface area contributed by atoms with Gasteiger partial charge in [0.15, 0.2) is 12.8 Å². The van der Waals surface area contributed by atoms with Gasteiger partial charge in [0.25, 0.3) is 0 Å². The molecule has 4 N–H and O–H groups in total. The van der Waals surface area contributed by atoms with Crippen LogP contribution in [-0.4, -0.2) is 39.4 Å². The minimum atomic E-state index is -1.65. The van der Waals surface area contributed by atoms with Gasteiger partial charge < -0.3 is 19.5 Å². The number of carbonyl (C=O) groups excluding carboxylic acids is 1. The number of rotatable bonds is 8. The summed E-state index contributed by atoms with van der Waals surface area (Å²) in [5, 5.41) is 20.8. The molecule has 1 atom stereocenters. The summed E-state index contributed by atoms with van der Waals surface area (Å²) in [7, 11) is 0. The van der Waals surface area contributed by atoms with Crippen molar-refractivity contribution in [1.29, 1.82) is 0 Å². The van der Waals surface area contributed by atoms with Crippen molar-refractivity contribution in [3.05, 3.63) is 52.5 Å². The highest BCUT2D eigenvalue weighted by atomic mass is 32.1. The molecule has 2 aromatic heterocycles. The number of carboxylic acids is 1. The lowest BCUT2D eigenvalue weighted by atomic mass is 10.1. The van der Waals surface area contributed by atoms with Crippen molar-refractivity contribution < 1.29 is 24.5 Å². The Labute approximate surface area is 159 Å². The van der Waals surface area contributed by atoms with Crippen molar-refractivity contribution in [3.8, 4) is 5.75 Å². The topological polar surface area (TPSA) is 115 Å². The number of aliphatic hydroxyl groups is 1. The largest absolute Gasteiger partial charge is 0.480 e. The third kappa shape index (κ3) is 3.73.